The first-order valence-corrected chi connectivity index (χ1v) is 10.7. The number of alkyl halides is 3. The largest absolute Gasteiger partial charge is 0.493 e. The number of carbonyl (C=O) groups is 1. The number of carbonyl (C=O) groups excluding carboxylic acids is 1. The Hall–Kier alpha value is -3.49. The molecule has 0 saturated heterocycles. The van der Waals surface area contributed by atoms with Gasteiger partial charge in [0, 0.05) is 18.7 Å². The van der Waals surface area contributed by atoms with Crippen molar-refractivity contribution in [2.24, 2.45) is 5.92 Å². The molecule has 9 heteroatoms. The first-order valence-electron chi connectivity index (χ1n) is 10.7. The first kappa shape index (κ1) is 21.4. The van der Waals surface area contributed by atoms with Crippen LogP contribution in [0.25, 0.3) is 11.1 Å². The molecule has 0 atom stereocenters. The van der Waals surface area contributed by atoms with Crippen molar-refractivity contribution in [3.05, 3.63) is 75.8 Å². The second-order valence-electron chi connectivity index (χ2n) is 8.80. The standard InChI is InChI=1S/C24H22F3N3O3/c25-24(26,27)14-29-12-19-9-18(7-8-20(19)22(29)32)17-5-3-15(4-6-17)10-28-13-21(31)30(23(28)33)11-16-1-2-16/h3-9,13,16,31H,1-2,10-12,14H2. The number of aromatic nitrogens is 2. The topological polar surface area (TPSA) is 67.5 Å². The number of nitrogens with zero attached hydrogens (tertiary/aromatic N) is 3. The van der Waals surface area contributed by atoms with E-state index in [1.165, 1.54) is 15.3 Å². The fraction of sp³-hybridized carbons (Fsp3) is 0.333. The summed E-state index contributed by atoms with van der Waals surface area (Å²) in [5, 5.41) is 10.1. The van der Waals surface area contributed by atoms with Crippen LogP contribution in [0.5, 0.6) is 5.88 Å². The maximum atomic E-state index is 12.7. The number of imidazole rings is 1. The van der Waals surface area contributed by atoms with Gasteiger partial charge < -0.3 is 10.0 Å². The molecule has 0 bridgehead atoms. The van der Waals surface area contributed by atoms with E-state index in [0.717, 1.165) is 34.4 Å². The third kappa shape index (κ3) is 4.40. The van der Waals surface area contributed by atoms with E-state index in [0.29, 0.717) is 30.1 Å². The zero-order valence-corrected chi connectivity index (χ0v) is 17.7. The molecule has 1 N–H and O–H groups in total. The molecule has 1 amide bonds. The Morgan fingerprint density at radius 1 is 1.00 bits per heavy atom. The molecular weight excluding hydrogens is 435 g/mol. The zero-order valence-electron chi connectivity index (χ0n) is 17.7. The lowest BCUT2D eigenvalue weighted by Crippen LogP contribution is -2.34. The Bertz CT molecular complexity index is 1270. The summed E-state index contributed by atoms with van der Waals surface area (Å²) in [5.41, 5.74) is 3.16. The van der Waals surface area contributed by atoms with Gasteiger partial charge in [0.05, 0.1) is 12.7 Å². The van der Waals surface area contributed by atoms with Crippen LogP contribution < -0.4 is 5.69 Å². The molecule has 3 aromatic rings. The van der Waals surface area contributed by atoms with Gasteiger partial charge in [-0.15, -0.1) is 0 Å². The van der Waals surface area contributed by atoms with Crippen LogP contribution in [0.1, 0.15) is 34.3 Å². The molecule has 1 aliphatic carbocycles. The first-order chi connectivity index (χ1) is 15.7. The van der Waals surface area contributed by atoms with Gasteiger partial charge in [0.15, 0.2) is 0 Å². The monoisotopic (exact) mass is 457 g/mol. The summed E-state index contributed by atoms with van der Waals surface area (Å²) < 4.78 is 41.0. The molecular formula is C24H22F3N3O3. The number of hydrogen-bond donors (Lipinski definition) is 1. The minimum Gasteiger partial charge on any atom is -0.493 e. The molecule has 2 aromatic carbocycles. The predicted molar refractivity (Wildman–Crippen MR) is 115 cm³/mol. The van der Waals surface area contributed by atoms with Crippen LogP contribution in [0.3, 0.4) is 0 Å². The van der Waals surface area contributed by atoms with Gasteiger partial charge in [-0.3, -0.25) is 13.9 Å². The third-order valence-corrected chi connectivity index (χ3v) is 6.16. The summed E-state index contributed by atoms with van der Waals surface area (Å²) in [6.45, 7) is -0.473. The highest BCUT2D eigenvalue weighted by Gasteiger charge is 2.37. The Balaban J connectivity index is 1.32. The molecule has 33 heavy (non-hydrogen) atoms. The number of fused-ring (bicyclic) bond motifs is 1. The van der Waals surface area contributed by atoms with Gasteiger partial charge in [0.1, 0.15) is 6.54 Å². The van der Waals surface area contributed by atoms with Gasteiger partial charge in [-0.2, -0.15) is 13.2 Å². The fourth-order valence-electron chi connectivity index (χ4n) is 4.26. The molecule has 6 nitrogen and oxygen atoms in total. The molecule has 172 valence electrons. The van der Waals surface area contributed by atoms with Crippen molar-refractivity contribution in [3.8, 4) is 17.0 Å². The molecule has 5 rings (SSSR count). The van der Waals surface area contributed by atoms with Crippen molar-refractivity contribution >= 4 is 5.91 Å². The Kier molecular flexibility index (Phi) is 5.07. The van der Waals surface area contributed by atoms with Crippen molar-refractivity contribution < 1.29 is 23.1 Å². The minimum absolute atomic E-state index is 0.0317. The maximum Gasteiger partial charge on any atom is 0.406 e. The van der Waals surface area contributed by atoms with E-state index in [2.05, 4.69) is 0 Å². The lowest BCUT2D eigenvalue weighted by molar-refractivity contribution is -0.140. The number of amides is 1. The molecule has 2 heterocycles. The Morgan fingerprint density at radius 3 is 2.36 bits per heavy atom. The van der Waals surface area contributed by atoms with Crippen LogP contribution in [-0.4, -0.2) is 37.8 Å². The van der Waals surface area contributed by atoms with E-state index < -0.39 is 18.6 Å². The van der Waals surface area contributed by atoms with Crippen LogP contribution in [0, 0.1) is 5.92 Å². The Morgan fingerprint density at radius 2 is 1.70 bits per heavy atom. The molecule has 2 aliphatic rings. The summed E-state index contributed by atoms with van der Waals surface area (Å²) in [6.07, 6.45) is -0.831. The average Bonchev–Trinajstić information content (AvgIpc) is 3.49. The van der Waals surface area contributed by atoms with Gasteiger partial charge in [-0.25, -0.2) is 4.79 Å². The average molecular weight is 457 g/mol. The van der Waals surface area contributed by atoms with Gasteiger partial charge in [0.2, 0.25) is 5.88 Å². The SMILES string of the molecule is O=C1c2ccc(-c3ccc(Cn4cc(O)n(CC5CC5)c4=O)cc3)cc2CN1CC(F)(F)F. The summed E-state index contributed by atoms with van der Waals surface area (Å²) in [5.74, 6) is -0.172. The van der Waals surface area contributed by atoms with Crippen LogP contribution in [0.2, 0.25) is 0 Å². The van der Waals surface area contributed by atoms with Crippen molar-refractivity contribution in [2.45, 2.75) is 38.7 Å². The summed E-state index contributed by atoms with van der Waals surface area (Å²) in [7, 11) is 0. The third-order valence-electron chi connectivity index (χ3n) is 6.16. The second kappa shape index (κ2) is 7.83. The normalized spacial score (nSPS) is 15.8. The molecule has 0 spiro atoms. The number of aromatic hydroxyl groups is 1. The van der Waals surface area contributed by atoms with Crippen LogP contribution in [-0.2, 0) is 19.6 Å². The Labute approximate surface area is 187 Å². The van der Waals surface area contributed by atoms with Crippen LogP contribution in [0.15, 0.2) is 53.5 Å². The highest BCUT2D eigenvalue weighted by Crippen LogP contribution is 2.32. The van der Waals surface area contributed by atoms with Crippen LogP contribution in [0.4, 0.5) is 13.2 Å². The van der Waals surface area contributed by atoms with Gasteiger partial charge in [0.25, 0.3) is 5.91 Å². The predicted octanol–water partition coefficient (Wildman–Crippen LogP) is 4.00. The summed E-state index contributed by atoms with van der Waals surface area (Å²) in [6, 6.07) is 12.5. The van der Waals surface area contributed by atoms with Crippen LogP contribution >= 0.6 is 0 Å². The van der Waals surface area contributed by atoms with E-state index in [9.17, 15) is 27.9 Å². The lowest BCUT2D eigenvalue weighted by atomic mass is 9.99. The fourth-order valence-corrected chi connectivity index (χ4v) is 4.26. The molecule has 1 saturated carbocycles. The number of benzene rings is 2. The highest BCUT2D eigenvalue weighted by molar-refractivity contribution is 5.99. The van der Waals surface area contributed by atoms with Crippen molar-refractivity contribution in [3.63, 3.8) is 0 Å². The highest BCUT2D eigenvalue weighted by atomic mass is 19.4. The number of rotatable bonds is 6. The molecule has 0 unspecified atom stereocenters. The van der Waals surface area contributed by atoms with E-state index >= 15 is 0 Å². The van der Waals surface area contributed by atoms with E-state index in [1.807, 2.05) is 24.3 Å². The summed E-state index contributed by atoms with van der Waals surface area (Å²) >= 11 is 0. The number of hydrogen-bond acceptors (Lipinski definition) is 3. The van der Waals surface area contributed by atoms with Crippen molar-refractivity contribution in [1.29, 1.82) is 0 Å². The quantitative estimate of drug-likeness (QED) is 0.609. The molecule has 1 aromatic heterocycles. The lowest BCUT2D eigenvalue weighted by Gasteiger charge is -2.17. The zero-order chi connectivity index (χ0) is 23.3. The van der Waals surface area contributed by atoms with Gasteiger partial charge in [-0.05, 0) is 53.1 Å². The van der Waals surface area contributed by atoms with Crippen molar-refractivity contribution in [2.75, 3.05) is 6.54 Å². The second-order valence-corrected chi connectivity index (χ2v) is 8.80. The van der Waals surface area contributed by atoms with E-state index in [4.69, 9.17) is 0 Å². The summed E-state index contributed by atoms with van der Waals surface area (Å²) in [4.78, 5) is 25.6. The van der Waals surface area contributed by atoms with E-state index in [1.54, 1.807) is 18.2 Å². The number of halogens is 3. The van der Waals surface area contributed by atoms with Crippen molar-refractivity contribution in [1.82, 2.24) is 14.0 Å². The maximum absolute atomic E-state index is 12.7. The molecule has 1 aliphatic heterocycles. The smallest absolute Gasteiger partial charge is 0.406 e. The van der Waals surface area contributed by atoms with Gasteiger partial charge in [-0.1, -0.05) is 30.3 Å². The van der Waals surface area contributed by atoms with E-state index in [-0.39, 0.29) is 18.1 Å². The van der Waals surface area contributed by atoms with Gasteiger partial charge >= 0.3 is 11.9 Å². The molecule has 0 radical (unpaired) electrons. The minimum atomic E-state index is -4.44. The molecule has 1 fully saturated rings.